The second-order valence-corrected chi connectivity index (χ2v) is 3.36. The molecule has 0 aromatic heterocycles. The van der Waals surface area contributed by atoms with Gasteiger partial charge in [-0.2, -0.15) is 0 Å². The summed E-state index contributed by atoms with van der Waals surface area (Å²) in [5.74, 6) is 0.944. The molecule has 1 atom stereocenters. The van der Waals surface area contributed by atoms with Crippen molar-refractivity contribution in [2.45, 2.75) is 46.0 Å². The lowest BCUT2D eigenvalue weighted by Crippen LogP contribution is -1.95. The van der Waals surface area contributed by atoms with Crippen molar-refractivity contribution in [1.29, 1.82) is 0 Å². The normalized spacial score (nSPS) is 25.0. The Balaban J connectivity index is 2.22. The molecule has 0 fully saturated rings. The van der Waals surface area contributed by atoms with E-state index in [1.807, 2.05) is 0 Å². The second kappa shape index (κ2) is 3.80. The van der Waals surface area contributed by atoms with Gasteiger partial charge >= 0.3 is 0 Å². The second-order valence-electron chi connectivity index (χ2n) is 3.36. The molecule has 1 rings (SSSR count). The van der Waals surface area contributed by atoms with Gasteiger partial charge in [-0.05, 0) is 32.1 Å². The molecule has 0 aliphatic heterocycles. The molecule has 0 radical (unpaired) electrons. The molecule has 1 aliphatic rings. The highest BCUT2D eigenvalue weighted by Crippen LogP contribution is 2.29. The summed E-state index contributed by atoms with van der Waals surface area (Å²) in [4.78, 5) is 0. The molecule has 10 heavy (non-hydrogen) atoms. The maximum absolute atomic E-state index is 2.40. The monoisotopic (exact) mass is 138 g/mol. The topological polar surface area (TPSA) is 0 Å². The predicted octanol–water partition coefficient (Wildman–Crippen LogP) is 3.53. The molecule has 0 saturated carbocycles. The van der Waals surface area contributed by atoms with E-state index in [-0.39, 0.29) is 0 Å². The van der Waals surface area contributed by atoms with Gasteiger partial charge in [0.1, 0.15) is 0 Å². The predicted molar refractivity (Wildman–Crippen MR) is 46.0 cm³/mol. The molecule has 0 aromatic carbocycles. The Labute approximate surface area is 64.3 Å². The van der Waals surface area contributed by atoms with Gasteiger partial charge in [-0.25, -0.2) is 0 Å². The highest BCUT2D eigenvalue weighted by molar-refractivity contribution is 5.09. The molecular weight excluding hydrogens is 120 g/mol. The Hall–Kier alpha value is -0.260. The Kier molecular flexibility index (Phi) is 2.98. The van der Waals surface area contributed by atoms with Crippen LogP contribution in [0.15, 0.2) is 11.6 Å². The van der Waals surface area contributed by atoms with E-state index in [1.165, 1.54) is 32.1 Å². The van der Waals surface area contributed by atoms with Crippen LogP contribution in [0.2, 0.25) is 0 Å². The van der Waals surface area contributed by atoms with Crippen LogP contribution in [0.3, 0.4) is 0 Å². The van der Waals surface area contributed by atoms with Gasteiger partial charge in [0.2, 0.25) is 0 Å². The third-order valence-electron chi connectivity index (χ3n) is 2.53. The molecule has 1 aliphatic carbocycles. The lowest BCUT2D eigenvalue weighted by atomic mass is 9.96. The van der Waals surface area contributed by atoms with Crippen LogP contribution in [0.1, 0.15) is 46.0 Å². The Morgan fingerprint density at radius 1 is 1.60 bits per heavy atom. The van der Waals surface area contributed by atoms with E-state index in [9.17, 15) is 0 Å². The van der Waals surface area contributed by atoms with Crippen LogP contribution in [0.25, 0.3) is 0 Å². The van der Waals surface area contributed by atoms with Crippen LogP contribution >= 0.6 is 0 Å². The first-order chi connectivity index (χ1) is 4.84. The van der Waals surface area contributed by atoms with E-state index >= 15 is 0 Å². The van der Waals surface area contributed by atoms with E-state index in [1.54, 1.807) is 5.57 Å². The number of hydrogen-bond donors (Lipinski definition) is 0. The minimum absolute atomic E-state index is 0.944. The number of unbranched alkanes of at least 4 members (excludes halogenated alkanes) is 1. The van der Waals surface area contributed by atoms with Gasteiger partial charge in [0.15, 0.2) is 0 Å². The lowest BCUT2D eigenvalue weighted by molar-refractivity contribution is 0.525. The summed E-state index contributed by atoms with van der Waals surface area (Å²) >= 11 is 0. The van der Waals surface area contributed by atoms with Crippen molar-refractivity contribution < 1.29 is 0 Å². The summed E-state index contributed by atoms with van der Waals surface area (Å²) in [5.41, 5.74) is 1.65. The van der Waals surface area contributed by atoms with Gasteiger partial charge in [0, 0.05) is 0 Å². The van der Waals surface area contributed by atoms with Crippen LogP contribution < -0.4 is 0 Å². The SMILES string of the molecule is CCCCC1CCC=C1C. The molecule has 0 heterocycles. The molecule has 1 unspecified atom stereocenters. The summed E-state index contributed by atoms with van der Waals surface area (Å²) in [7, 11) is 0. The van der Waals surface area contributed by atoms with Crippen LogP contribution in [0.4, 0.5) is 0 Å². The van der Waals surface area contributed by atoms with Crippen molar-refractivity contribution in [3.05, 3.63) is 11.6 Å². The molecule has 0 bridgehead atoms. The highest BCUT2D eigenvalue weighted by Gasteiger charge is 2.13. The molecule has 58 valence electrons. The van der Waals surface area contributed by atoms with Crippen LogP contribution in [-0.4, -0.2) is 0 Å². The average Bonchev–Trinajstić information content (AvgIpc) is 2.31. The zero-order chi connectivity index (χ0) is 7.40. The minimum Gasteiger partial charge on any atom is -0.0853 e. The summed E-state index contributed by atoms with van der Waals surface area (Å²) in [6.07, 6.45) is 9.35. The van der Waals surface area contributed by atoms with Crippen molar-refractivity contribution >= 4 is 0 Å². The van der Waals surface area contributed by atoms with E-state index in [4.69, 9.17) is 0 Å². The van der Waals surface area contributed by atoms with Gasteiger partial charge in [0.05, 0.1) is 0 Å². The number of hydrogen-bond acceptors (Lipinski definition) is 0. The summed E-state index contributed by atoms with van der Waals surface area (Å²) in [5, 5.41) is 0. The Morgan fingerprint density at radius 3 is 2.90 bits per heavy atom. The quantitative estimate of drug-likeness (QED) is 0.523. The highest BCUT2D eigenvalue weighted by atomic mass is 14.2. The van der Waals surface area contributed by atoms with E-state index in [2.05, 4.69) is 19.9 Å². The summed E-state index contributed by atoms with van der Waals surface area (Å²) < 4.78 is 0. The van der Waals surface area contributed by atoms with Gasteiger partial charge in [-0.15, -0.1) is 0 Å². The molecule has 0 aromatic rings. The first-order valence-corrected chi connectivity index (χ1v) is 4.51. The van der Waals surface area contributed by atoms with Crippen LogP contribution in [0, 0.1) is 5.92 Å². The van der Waals surface area contributed by atoms with Gasteiger partial charge < -0.3 is 0 Å². The average molecular weight is 138 g/mol. The Morgan fingerprint density at radius 2 is 2.40 bits per heavy atom. The zero-order valence-corrected chi connectivity index (χ0v) is 7.19. The zero-order valence-electron chi connectivity index (χ0n) is 7.19. The molecule has 0 N–H and O–H groups in total. The maximum Gasteiger partial charge on any atom is -0.0203 e. The standard InChI is InChI=1S/C10H18/c1-3-4-7-10-8-5-6-9(10)2/h6,10H,3-5,7-8H2,1-2H3. The molecule has 0 amide bonds. The third kappa shape index (κ3) is 1.86. The minimum atomic E-state index is 0.944. The summed E-state index contributed by atoms with van der Waals surface area (Å²) in [6.45, 7) is 4.56. The van der Waals surface area contributed by atoms with E-state index in [0.717, 1.165) is 5.92 Å². The van der Waals surface area contributed by atoms with Crippen molar-refractivity contribution in [1.82, 2.24) is 0 Å². The number of rotatable bonds is 3. The number of allylic oxidation sites excluding steroid dienone is 2. The van der Waals surface area contributed by atoms with Crippen molar-refractivity contribution in [2.75, 3.05) is 0 Å². The van der Waals surface area contributed by atoms with Gasteiger partial charge in [-0.1, -0.05) is 31.4 Å². The van der Waals surface area contributed by atoms with E-state index < -0.39 is 0 Å². The fraction of sp³-hybridized carbons (Fsp3) is 0.800. The largest absolute Gasteiger partial charge is 0.0853 e. The fourth-order valence-electron chi connectivity index (χ4n) is 1.73. The maximum atomic E-state index is 2.40. The fourth-order valence-corrected chi connectivity index (χ4v) is 1.73. The van der Waals surface area contributed by atoms with Crippen LogP contribution in [-0.2, 0) is 0 Å². The van der Waals surface area contributed by atoms with Crippen LogP contribution in [0.5, 0.6) is 0 Å². The first kappa shape index (κ1) is 7.84. The first-order valence-electron chi connectivity index (χ1n) is 4.51. The van der Waals surface area contributed by atoms with Gasteiger partial charge in [0.25, 0.3) is 0 Å². The molecule has 0 spiro atoms. The van der Waals surface area contributed by atoms with Crippen molar-refractivity contribution in [2.24, 2.45) is 5.92 Å². The lowest BCUT2D eigenvalue weighted by Gasteiger charge is -2.09. The smallest absolute Gasteiger partial charge is 0.0203 e. The molecule has 0 heteroatoms. The van der Waals surface area contributed by atoms with Crippen molar-refractivity contribution in [3.63, 3.8) is 0 Å². The molecular formula is C10H18. The molecule has 0 nitrogen and oxygen atoms in total. The van der Waals surface area contributed by atoms with Crippen molar-refractivity contribution in [3.8, 4) is 0 Å². The Bertz CT molecular complexity index is 122. The van der Waals surface area contributed by atoms with Gasteiger partial charge in [-0.3, -0.25) is 0 Å². The summed E-state index contributed by atoms with van der Waals surface area (Å²) in [6, 6.07) is 0. The third-order valence-corrected chi connectivity index (χ3v) is 2.53. The van der Waals surface area contributed by atoms with E-state index in [0.29, 0.717) is 0 Å². The molecule has 0 saturated heterocycles.